The Hall–Kier alpha value is -1.25. The molecule has 0 radical (unpaired) electrons. The third-order valence-corrected chi connectivity index (χ3v) is 3.14. The summed E-state index contributed by atoms with van der Waals surface area (Å²) >= 11 is 0.0359. The van der Waals surface area contributed by atoms with E-state index in [4.69, 9.17) is 0 Å². The molecule has 3 aromatic rings. The Kier molecular flexibility index (Phi) is 1.45. The van der Waals surface area contributed by atoms with Gasteiger partial charge < -0.3 is 0 Å². The predicted octanol–water partition coefficient (Wildman–Crippen LogP) is 1.23. The second-order valence-corrected chi connectivity index (χ2v) is 3.88. The van der Waals surface area contributed by atoms with Crippen LogP contribution >= 0.6 is 0 Å². The normalized spacial score (nSPS) is 11.1. The number of pyridine rings is 1. The van der Waals surface area contributed by atoms with E-state index in [9.17, 15) is 0 Å². The van der Waals surface area contributed by atoms with E-state index in [1.54, 1.807) is 6.20 Å². The SMILES string of the molecule is c1cnc2c(c1)ccc1n[se]nc12. The van der Waals surface area contributed by atoms with Gasteiger partial charge in [-0.3, -0.25) is 0 Å². The molecule has 2 aromatic heterocycles. The van der Waals surface area contributed by atoms with Crippen LogP contribution < -0.4 is 0 Å². The topological polar surface area (TPSA) is 38.7 Å². The van der Waals surface area contributed by atoms with Crippen molar-refractivity contribution in [2.45, 2.75) is 0 Å². The van der Waals surface area contributed by atoms with Crippen molar-refractivity contribution in [2.24, 2.45) is 0 Å². The van der Waals surface area contributed by atoms with Gasteiger partial charge in [-0.1, -0.05) is 0 Å². The first-order valence-electron chi connectivity index (χ1n) is 3.91. The van der Waals surface area contributed by atoms with Crippen molar-refractivity contribution in [1.29, 1.82) is 0 Å². The summed E-state index contributed by atoms with van der Waals surface area (Å²) in [6.07, 6.45) is 1.80. The molecule has 0 amide bonds. The molecule has 0 N–H and O–H groups in total. The van der Waals surface area contributed by atoms with Crippen molar-refractivity contribution in [3.8, 4) is 0 Å². The van der Waals surface area contributed by atoms with Crippen LogP contribution in [0.5, 0.6) is 0 Å². The van der Waals surface area contributed by atoms with Gasteiger partial charge in [0.05, 0.1) is 0 Å². The van der Waals surface area contributed by atoms with E-state index in [-0.39, 0.29) is 15.0 Å². The molecule has 0 aliphatic rings. The third kappa shape index (κ3) is 0.996. The molecule has 0 unspecified atom stereocenters. The van der Waals surface area contributed by atoms with Crippen molar-refractivity contribution in [2.75, 3.05) is 0 Å². The van der Waals surface area contributed by atoms with Gasteiger partial charge in [0.15, 0.2) is 0 Å². The molecule has 0 saturated carbocycles. The van der Waals surface area contributed by atoms with Gasteiger partial charge in [0.25, 0.3) is 0 Å². The van der Waals surface area contributed by atoms with Crippen LogP contribution in [0.25, 0.3) is 21.9 Å². The summed E-state index contributed by atoms with van der Waals surface area (Å²) in [5, 5.41) is 1.14. The minimum atomic E-state index is 0.0359. The van der Waals surface area contributed by atoms with Crippen molar-refractivity contribution in [3.63, 3.8) is 0 Å². The molecule has 0 aliphatic heterocycles. The molecular weight excluding hydrogens is 229 g/mol. The zero-order valence-corrected chi connectivity index (χ0v) is 8.35. The van der Waals surface area contributed by atoms with Crippen LogP contribution in [0.1, 0.15) is 0 Å². The van der Waals surface area contributed by atoms with E-state index < -0.39 is 0 Å². The fourth-order valence-electron chi connectivity index (χ4n) is 1.39. The molecule has 1 aromatic carbocycles. The average Bonchev–Trinajstić information content (AvgIpc) is 2.65. The molecule has 0 saturated heterocycles. The third-order valence-electron chi connectivity index (χ3n) is 2.00. The van der Waals surface area contributed by atoms with E-state index >= 15 is 0 Å². The van der Waals surface area contributed by atoms with E-state index in [0.717, 1.165) is 21.9 Å². The number of nitrogens with zero attached hydrogens (tertiary/aromatic N) is 3. The Labute approximate surface area is 80.7 Å². The monoisotopic (exact) mass is 235 g/mol. The number of aromatic nitrogens is 3. The average molecular weight is 234 g/mol. The molecule has 62 valence electrons. The second kappa shape index (κ2) is 2.62. The summed E-state index contributed by atoms with van der Waals surface area (Å²) in [5.41, 5.74) is 2.94. The zero-order chi connectivity index (χ0) is 8.67. The molecule has 0 fully saturated rings. The molecule has 3 nitrogen and oxygen atoms in total. The van der Waals surface area contributed by atoms with Crippen LogP contribution in [0.2, 0.25) is 0 Å². The van der Waals surface area contributed by atoms with Crippen LogP contribution in [-0.2, 0) is 0 Å². The second-order valence-electron chi connectivity index (χ2n) is 2.77. The Morgan fingerprint density at radius 1 is 1.00 bits per heavy atom. The van der Waals surface area contributed by atoms with Gasteiger partial charge >= 0.3 is 80.3 Å². The number of rotatable bonds is 0. The summed E-state index contributed by atoms with van der Waals surface area (Å²) in [6, 6.07) is 8.04. The first-order chi connectivity index (χ1) is 6.45. The number of hydrogen-bond acceptors (Lipinski definition) is 3. The summed E-state index contributed by atoms with van der Waals surface area (Å²) in [7, 11) is 0. The van der Waals surface area contributed by atoms with Crippen LogP contribution in [0.4, 0.5) is 0 Å². The molecule has 0 bridgehead atoms. The van der Waals surface area contributed by atoms with Gasteiger partial charge in [0, 0.05) is 0 Å². The van der Waals surface area contributed by atoms with Gasteiger partial charge in [-0.15, -0.1) is 0 Å². The molecule has 0 atom stereocenters. The Morgan fingerprint density at radius 3 is 3.00 bits per heavy atom. The molecule has 0 aliphatic carbocycles. The Bertz CT molecular complexity index is 573. The molecular formula is C9H5N3Se. The van der Waals surface area contributed by atoms with Gasteiger partial charge in [0.1, 0.15) is 0 Å². The summed E-state index contributed by atoms with van der Waals surface area (Å²) < 4.78 is 8.67. The summed E-state index contributed by atoms with van der Waals surface area (Å²) in [4.78, 5) is 4.31. The number of benzene rings is 1. The van der Waals surface area contributed by atoms with Crippen molar-refractivity contribution in [3.05, 3.63) is 30.5 Å². The van der Waals surface area contributed by atoms with Crippen molar-refractivity contribution in [1.82, 2.24) is 12.9 Å². The van der Waals surface area contributed by atoms with Gasteiger partial charge in [0.2, 0.25) is 0 Å². The quantitative estimate of drug-likeness (QED) is 0.549. The Morgan fingerprint density at radius 2 is 2.00 bits per heavy atom. The molecule has 13 heavy (non-hydrogen) atoms. The predicted molar refractivity (Wildman–Crippen MR) is 51.8 cm³/mol. The van der Waals surface area contributed by atoms with E-state index in [1.165, 1.54) is 0 Å². The van der Waals surface area contributed by atoms with E-state index in [2.05, 4.69) is 12.9 Å². The van der Waals surface area contributed by atoms with Crippen LogP contribution in [0.15, 0.2) is 30.5 Å². The van der Waals surface area contributed by atoms with Crippen LogP contribution in [0, 0.1) is 0 Å². The van der Waals surface area contributed by atoms with Gasteiger partial charge in [-0.2, -0.15) is 0 Å². The van der Waals surface area contributed by atoms with Crippen molar-refractivity contribution < 1.29 is 0 Å². The van der Waals surface area contributed by atoms with E-state index in [0.29, 0.717) is 0 Å². The molecule has 4 heteroatoms. The standard InChI is InChI=1S/C9H5N3Se/c1-2-6-3-4-7-9(12-13-11-7)8(6)10-5-1/h1-5H. The number of hydrogen-bond donors (Lipinski definition) is 0. The molecule has 2 heterocycles. The first kappa shape index (κ1) is 7.18. The fraction of sp³-hybridized carbons (Fsp3) is 0. The zero-order valence-electron chi connectivity index (χ0n) is 6.64. The van der Waals surface area contributed by atoms with Crippen LogP contribution in [0.3, 0.4) is 0 Å². The molecule has 3 rings (SSSR count). The van der Waals surface area contributed by atoms with Crippen molar-refractivity contribution >= 4 is 36.9 Å². The summed E-state index contributed by atoms with van der Waals surface area (Å²) in [6.45, 7) is 0. The summed E-state index contributed by atoms with van der Waals surface area (Å²) in [5.74, 6) is 0. The van der Waals surface area contributed by atoms with Gasteiger partial charge in [-0.05, 0) is 0 Å². The fourth-order valence-corrected chi connectivity index (χ4v) is 2.52. The first-order valence-corrected chi connectivity index (χ1v) is 5.44. The van der Waals surface area contributed by atoms with Crippen LogP contribution in [-0.4, -0.2) is 27.9 Å². The van der Waals surface area contributed by atoms with Gasteiger partial charge in [-0.25, -0.2) is 0 Å². The minimum absolute atomic E-state index is 0.0359. The Balaban J connectivity index is 2.65. The van der Waals surface area contributed by atoms with E-state index in [1.807, 2.05) is 24.3 Å². The molecule has 0 spiro atoms. The maximum absolute atomic E-state index is 4.36. The maximum atomic E-state index is 4.36. The number of fused-ring (bicyclic) bond motifs is 3.